The predicted molar refractivity (Wildman–Crippen MR) is 68.5 cm³/mol. The average molecular weight is 283 g/mol. The third-order valence-corrected chi connectivity index (χ3v) is 3.73. The monoisotopic (exact) mass is 283 g/mol. The van der Waals surface area contributed by atoms with Crippen molar-refractivity contribution in [3.05, 3.63) is 39.9 Å². The summed E-state index contributed by atoms with van der Waals surface area (Å²) in [5.41, 5.74) is -0.891. The van der Waals surface area contributed by atoms with Gasteiger partial charge in [0.1, 0.15) is 5.54 Å². The molecule has 0 aromatic heterocycles. The van der Waals surface area contributed by atoms with E-state index in [1.54, 1.807) is 0 Å². The molecule has 0 bridgehead atoms. The Morgan fingerprint density at radius 1 is 1.37 bits per heavy atom. The van der Waals surface area contributed by atoms with Gasteiger partial charge in [0, 0.05) is 12.1 Å². The SMILES string of the molecule is CC(C)(C#N)NS(=O)(=O)Cc1ccc([N+](=O)[O-])cc1. The molecule has 0 saturated heterocycles. The van der Waals surface area contributed by atoms with E-state index in [4.69, 9.17) is 5.26 Å². The van der Waals surface area contributed by atoms with Crippen molar-refractivity contribution in [2.75, 3.05) is 0 Å². The molecule has 19 heavy (non-hydrogen) atoms. The summed E-state index contributed by atoms with van der Waals surface area (Å²) in [6, 6.07) is 7.04. The van der Waals surface area contributed by atoms with Crippen molar-refractivity contribution in [1.29, 1.82) is 5.26 Å². The molecule has 102 valence electrons. The summed E-state index contributed by atoms with van der Waals surface area (Å²) >= 11 is 0. The van der Waals surface area contributed by atoms with E-state index >= 15 is 0 Å². The molecular formula is C11H13N3O4S. The molecule has 0 spiro atoms. The Kier molecular flexibility index (Phi) is 4.24. The van der Waals surface area contributed by atoms with Gasteiger partial charge in [0.05, 0.1) is 16.7 Å². The summed E-state index contributed by atoms with van der Waals surface area (Å²) in [4.78, 5) is 9.90. The van der Waals surface area contributed by atoms with E-state index in [0.29, 0.717) is 5.56 Å². The quantitative estimate of drug-likeness (QED) is 0.646. The Morgan fingerprint density at radius 3 is 2.32 bits per heavy atom. The minimum absolute atomic E-state index is 0.105. The highest BCUT2D eigenvalue weighted by Gasteiger charge is 2.24. The average Bonchev–Trinajstić information content (AvgIpc) is 2.27. The van der Waals surface area contributed by atoms with Gasteiger partial charge in [0.2, 0.25) is 10.0 Å². The van der Waals surface area contributed by atoms with E-state index in [0.717, 1.165) is 0 Å². The van der Waals surface area contributed by atoms with Gasteiger partial charge in [-0.1, -0.05) is 12.1 Å². The second-order valence-electron chi connectivity index (χ2n) is 4.52. The highest BCUT2D eigenvalue weighted by atomic mass is 32.2. The van der Waals surface area contributed by atoms with E-state index < -0.39 is 20.5 Å². The number of rotatable bonds is 5. The summed E-state index contributed by atoms with van der Waals surface area (Å²) < 4.78 is 25.8. The first kappa shape index (κ1) is 15.1. The fourth-order valence-electron chi connectivity index (χ4n) is 1.38. The van der Waals surface area contributed by atoms with Crippen LogP contribution < -0.4 is 4.72 Å². The molecule has 0 radical (unpaired) electrons. The third-order valence-electron chi connectivity index (χ3n) is 2.19. The molecule has 7 nitrogen and oxygen atoms in total. The second-order valence-corrected chi connectivity index (χ2v) is 6.24. The number of non-ortho nitro benzene ring substituents is 1. The largest absolute Gasteiger partial charge is 0.269 e. The second kappa shape index (κ2) is 5.34. The van der Waals surface area contributed by atoms with E-state index in [1.165, 1.54) is 38.1 Å². The van der Waals surface area contributed by atoms with Gasteiger partial charge in [-0.3, -0.25) is 10.1 Å². The van der Waals surface area contributed by atoms with Crippen LogP contribution in [0.15, 0.2) is 24.3 Å². The zero-order chi connectivity index (χ0) is 14.7. The predicted octanol–water partition coefficient (Wildman–Crippen LogP) is 1.32. The zero-order valence-corrected chi connectivity index (χ0v) is 11.3. The lowest BCUT2D eigenvalue weighted by atomic mass is 10.1. The van der Waals surface area contributed by atoms with Crippen LogP contribution in [0.25, 0.3) is 0 Å². The van der Waals surface area contributed by atoms with Crippen LogP contribution in [0.4, 0.5) is 5.69 Å². The van der Waals surface area contributed by atoms with Crippen LogP contribution in [0.5, 0.6) is 0 Å². The van der Waals surface area contributed by atoms with Crippen molar-refractivity contribution in [3.8, 4) is 6.07 Å². The number of nitro benzene ring substituents is 1. The van der Waals surface area contributed by atoms with Crippen molar-refractivity contribution in [2.24, 2.45) is 0 Å². The number of nitrogens with one attached hydrogen (secondary N) is 1. The number of hydrogen-bond donors (Lipinski definition) is 1. The first-order valence-electron chi connectivity index (χ1n) is 5.31. The first-order chi connectivity index (χ1) is 8.65. The number of hydrogen-bond acceptors (Lipinski definition) is 5. The van der Waals surface area contributed by atoms with Crippen LogP contribution in [-0.4, -0.2) is 18.9 Å². The van der Waals surface area contributed by atoms with Crippen LogP contribution in [0.3, 0.4) is 0 Å². The number of nitrogens with zero attached hydrogens (tertiary/aromatic N) is 2. The minimum atomic E-state index is -3.68. The molecule has 1 aromatic rings. The lowest BCUT2D eigenvalue weighted by molar-refractivity contribution is -0.384. The highest BCUT2D eigenvalue weighted by Crippen LogP contribution is 2.14. The lowest BCUT2D eigenvalue weighted by Gasteiger charge is -2.17. The molecule has 8 heteroatoms. The maximum Gasteiger partial charge on any atom is 0.269 e. The number of nitriles is 1. The molecule has 0 amide bonds. The molecule has 0 unspecified atom stereocenters. The Bertz CT molecular complexity index is 614. The van der Waals surface area contributed by atoms with E-state index in [2.05, 4.69) is 4.72 Å². The Hall–Kier alpha value is -1.98. The number of nitro groups is 1. The van der Waals surface area contributed by atoms with Crippen molar-refractivity contribution >= 4 is 15.7 Å². The van der Waals surface area contributed by atoms with Gasteiger partial charge in [-0.25, -0.2) is 8.42 Å². The fraction of sp³-hybridized carbons (Fsp3) is 0.364. The number of benzene rings is 1. The summed E-state index contributed by atoms with van der Waals surface area (Å²) in [6.45, 7) is 2.89. The molecule has 0 aliphatic heterocycles. The molecule has 0 saturated carbocycles. The van der Waals surface area contributed by atoms with Crippen LogP contribution in [0.1, 0.15) is 19.4 Å². The maximum absolute atomic E-state index is 11.8. The molecule has 1 aromatic carbocycles. The number of sulfonamides is 1. The van der Waals surface area contributed by atoms with Gasteiger partial charge in [0.15, 0.2) is 0 Å². The molecule has 1 N–H and O–H groups in total. The topological polar surface area (TPSA) is 113 Å². The van der Waals surface area contributed by atoms with Crippen molar-refractivity contribution < 1.29 is 13.3 Å². The first-order valence-corrected chi connectivity index (χ1v) is 6.97. The van der Waals surface area contributed by atoms with Gasteiger partial charge in [-0.2, -0.15) is 9.98 Å². The van der Waals surface area contributed by atoms with Crippen LogP contribution in [0.2, 0.25) is 0 Å². The lowest BCUT2D eigenvalue weighted by Crippen LogP contribution is -2.42. The molecule has 0 heterocycles. The van der Waals surface area contributed by atoms with Crippen LogP contribution >= 0.6 is 0 Å². The summed E-state index contributed by atoms with van der Waals surface area (Å²) in [6.07, 6.45) is 0. The minimum Gasteiger partial charge on any atom is -0.258 e. The van der Waals surface area contributed by atoms with Gasteiger partial charge < -0.3 is 0 Å². The smallest absolute Gasteiger partial charge is 0.258 e. The van der Waals surface area contributed by atoms with E-state index in [1.807, 2.05) is 6.07 Å². The van der Waals surface area contributed by atoms with Crippen molar-refractivity contribution in [1.82, 2.24) is 4.72 Å². The molecule has 0 aliphatic rings. The maximum atomic E-state index is 11.8. The molecule has 1 rings (SSSR count). The molecular weight excluding hydrogens is 270 g/mol. The standard InChI is InChI=1S/C11H13N3O4S/c1-11(2,8-12)13-19(17,18)7-9-3-5-10(6-4-9)14(15)16/h3-6,13H,7H2,1-2H3. The normalized spacial score (nSPS) is 11.8. The van der Waals surface area contributed by atoms with Gasteiger partial charge in [-0.15, -0.1) is 0 Å². The Labute approximate surface area is 111 Å². The molecule has 0 fully saturated rings. The summed E-state index contributed by atoms with van der Waals surface area (Å²) in [7, 11) is -3.68. The van der Waals surface area contributed by atoms with Gasteiger partial charge >= 0.3 is 0 Å². The summed E-state index contributed by atoms with van der Waals surface area (Å²) in [5.74, 6) is -0.337. The van der Waals surface area contributed by atoms with Crippen LogP contribution in [0, 0.1) is 21.4 Å². The fourth-order valence-corrected chi connectivity index (χ4v) is 2.91. The molecule has 0 atom stereocenters. The molecule has 0 aliphatic carbocycles. The van der Waals surface area contributed by atoms with Gasteiger partial charge in [-0.05, 0) is 19.4 Å². The van der Waals surface area contributed by atoms with Crippen molar-refractivity contribution in [3.63, 3.8) is 0 Å². The van der Waals surface area contributed by atoms with E-state index in [9.17, 15) is 18.5 Å². The Balaban J connectivity index is 2.85. The summed E-state index contributed by atoms with van der Waals surface area (Å²) in [5, 5.41) is 19.2. The van der Waals surface area contributed by atoms with Crippen molar-refractivity contribution in [2.45, 2.75) is 25.1 Å². The third kappa shape index (κ3) is 4.65. The van der Waals surface area contributed by atoms with Gasteiger partial charge in [0.25, 0.3) is 5.69 Å². The Morgan fingerprint density at radius 2 is 1.89 bits per heavy atom. The van der Waals surface area contributed by atoms with E-state index in [-0.39, 0.29) is 11.4 Å². The zero-order valence-electron chi connectivity index (χ0n) is 10.5. The highest BCUT2D eigenvalue weighted by molar-refractivity contribution is 7.88. The van der Waals surface area contributed by atoms with Crippen LogP contribution in [-0.2, 0) is 15.8 Å².